The molecule has 1 heterocycles. The molecule has 30 heavy (non-hydrogen) atoms. The van der Waals surface area contributed by atoms with Gasteiger partial charge in [-0.05, 0) is 53.2 Å². The van der Waals surface area contributed by atoms with E-state index < -0.39 is 16.1 Å². The second-order valence-corrected chi connectivity index (χ2v) is 7.09. The summed E-state index contributed by atoms with van der Waals surface area (Å²) in [4.78, 5) is 35.7. The maximum atomic E-state index is 12.3. The summed E-state index contributed by atoms with van der Waals surface area (Å²) in [5.41, 5.74) is 1.42. The molecule has 3 rings (SSSR count). The molecule has 9 heteroatoms. The number of nitro benzene ring substituents is 1. The van der Waals surface area contributed by atoms with E-state index in [1.165, 1.54) is 19.2 Å². The molecule has 0 bridgehead atoms. The highest BCUT2D eigenvalue weighted by Gasteiger charge is 2.34. The summed E-state index contributed by atoms with van der Waals surface area (Å²) in [5.74, 6) is 2.76. The van der Waals surface area contributed by atoms with E-state index in [-0.39, 0.29) is 23.7 Å². The summed E-state index contributed by atoms with van der Waals surface area (Å²) < 4.78 is 11.1. The van der Waals surface area contributed by atoms with Gasteiger partial charge in [-0.3, -0.25) is 24.6 Å². The molecular weight excluding hydrogens is 408 g/mol. The summed E-state index contributed by atoms with van der Waals surface area (Å²) in [7, 11) is 1.48. The van der Waals surface area contributed by atoms with Gasteiger partial charge in [0, 0.05) is 12.1 Å². The Balaban J connectivity index is 1.73. The normalized spacial score (nSPS) is 14.7. The van der Waals surface area contributed by atoms with E-state index in [2.05, 4.69) is 5.92 Å². The van der Waals surface area contributed by atoms with Gasteiger partial charge in [-0.2, -0.15) is 0 Å². The first-order valence-corrected chi connectivity index (χ1v) is 9.47. The maximum absolute atomic E-state index is 12.3. The molecule has 1 fully saturated rings. The number of hydrogen-bond donors (Lipinski definition) is 0. The van der Waals surface area contributed by atoms with Crippen LogP contribution in [0.2, 0.25) is 0 Å². The molecule has 0 saturated carbocycles. The van der Waals surface area contributed by atoms with Crippen molar-refractivity contribution in [3.8, 4) is 23.8 Å². The Morgan fingerprint density at radius 3 is 2.57 bits per heavy atom. The molecule has 0 radical (unpaired) electrons. The Morgan fingerprint density at radius 2 is 1.93 bits per heavy atom. The van der Waals surface area contributed by atoms with Crippen LogP contribution in [0.3, 0.4) is 0 Å². The highest BCUT2D eigenvalue weighted by Crippen LogP contribution is 2.34. The minimum Gasteiger partial charge on any atom is -0.493 e. The number of carbonyl (C=O) groups excluding carboxylic acids is 2. The zero-order valence-corrected chi connectivity index (χ0v) is 16.7. The van der Waals surface area contributed by atoms with Crippen LogP contribution in [0.5, 0.6) is 11.5 Å². The number of thioether (sulfide) groups is 1. The molecule has 2 amide bonds. The molecule has 0 spiro atoms. The highest BCUT2D eigenvalue weighted by atomic mass is 32.2. The van der Waals surface area contributed by atoms with Gasteiger partial charge >= 0.3 is 0 Å². The molecule has 152 valence electrons. The van der Waals surface area contributed by atoms with Crippen molar-refractivity contribution in [2.24, 2.45) is 0 Å². The van der Waals surface area contributed by atoms with E-state index in [0.29, 0.717) is 17.1 Å². The largest absolute Gasteiger partial charge is 0.493 e. The van der Waals surface area contributed by atoms with Crippen LogP contribution in [0.15, 0.2) is 47.4 Å². The standard InChI is InChI=1S/C21H16N2O6S/c1-3-10-22-20(24)19(30-21(22)25)12-15-6-9-17(18(11-15)28-2)29-13-14-4-7-16(8-5-14)23(26)27/h1,4-9,11-12H,10,13H2,2H3/b19-12+. The monoisotopic (exact) mass is 424 g/mol. The predicted molar refractivity (Wildman–Crippen MR) is 112 cm³/mol. The van der Waals surface area contributed by atoms with E-state index in [0.717, 1.165) is 22.2 Å². The Labute approximate surface area is 176 Å². The fourth-order valence-electron chi connectivity index (χ4n) is 2.65. The molecule has 8 nitrogen and oxygen atoms in total. The van der Waals surface area contributed by atoms with Gasteiger partial charge in [0.15, 0.2) is 11.5 Å². The molecule has 0 aliphatic carbocycles. The van der Waals surface area contributed by atoms with Crippen LogP contribution in [0.4, 0.5) is 10.5 Å². The first kappa shape index (κ1) is 21.0. The predicted octanol–water partition coefficient (Wildman–Crippen LogP) is 3.85. The molecule has 1 saturated heterocycles. The molecule has 2 aromatic carbocycles. The average Bonchev–Trinajstić information content (AvgIpc) is 3.00. The van der Waals surface area contributed by atoms with Crippen molar-refractivity contribution in [3.05, 3.63) is 68.6 Å². The Bertz CT molecular complexity index is 1070. The zero-order valence-electron chi connectivity index (χ0n) is 15.9. The van der Waals surface area contributed by atoms with Crippen molar-refractivity contribution in [2.75, 3.05) is 13.7 Å². The number of terminal acetylenes is 1. The van der Waals surface area contributed by atoms with Crippen molar-refractivity contribution in [2.45, 2.75) is 6.61 Å². The van der Waals surface area contributed by atoms with Crippen molar-refractivity contribution >= 4 is 34.7 Å². The van der Waals surface area contributed by atoms with Crippen LogP contribution in [-0.2, 0) is 11.4 Å². The molecule has 0 N–H and O–H groups in total. The lowest BCUT2D eigenvalue weighted by atomic mass is 10.1. The minimum absolute atomic E-state index is 0.00680. The molecule has 0 aromatic heterocycles. The number of nitro groups is 1. The van der Waals surface area contributed by atoms with Crippen LogP contribution < -0.4 is 9.47 Å². The van der Waals surface area contributed by atoms with Gasteiger partial charge in [-0.15, -0.1) is 6.42 Å². The number of nitrogens with zero attached hydrogens (tertiary/aromatic N) is 2. The van der Waals surface area contributed by atoms with Crippen LogP contribution in [0.25, 0.3) is 6.08 Å². The number of hydrogen-bond acceptors (Lipinski definition) is 7. The Kier molecular flexibility index (Phi) is 6.39. The number of benzene rings is 2. The quantitative estimate of drug-likeness (QED) is 0.288. The van der Waals surface area contributed by atoms with Crippen molar-refractivity contribution < 1.29 is 24.0 Å². The fraction of sp³-hybridized carbons (Fsp3) is 0.143. The third-order valence-electron chi connectivity index (χ3n) is 4.15. The second-order valence-electron chi connectivity index (χ2n) is 6.09. The molecule has 0 unspecified atom stereocenters. The van der Waals surface area contributed by atoms with Gasteiger partial charge in [-0.1, -0.05) is 12.0 Å². The second kappa shape index (κ2) is 9.15. The van der Waals surface area contributed by atoms with Crippen molar-refractivity contribution in [1.29, 1.82) is 0 Å². The summed E-state index contributed by atoms with van der Waals surface area (Å²) >= 11 is 0.828. The van der Waals surface area contributed by atoms with Crippen LogP contribution in [0, 0.1) is 22.5 Å². The third kappa shape index (κ3) is 4.61. The fourth-order valence-corrected chi connectivity index (χ4v) is 3.49. The van der Waals surface area contributed by atoms with E-state index in [4.69, 9.17) is 15.9 Å². The van der Waals surface area contributed by atoms with Gasteiger partial charge in [0.05, 0.1) is 23.5 Å². The van der Waals surface area contributed by atoms with Gasteiger partial charge in [0.25, 0.3) is 16.8 Å². The summed E-state index contributed by atoms with van der Waals surface area (Å²) in [6.45, 7) is 0.124. The minimum atomic E-state index is -0.465. The van der Waals surface area contributed by atoms with E-state index in [1.807, 2.05) is 0 Å². The van der Waals surface area contributed by atoms with Crippen LogP contribution >= 0.6 is 11.8 Å². The van der Waals surface area contributed by atoms with Gasteiger partial charge in [-0.25, -0.2) is 0 Å². The Morgan fingerprint density at radius 1 is 1.20 bits per heavy atom. The number of non-ortho nitro benzene ring substituents is 1. The third-order valence-corrected chi connectivity index (χ3v) is 5.06. The number of methoxy groups -OCH3 is 1. The van der Waals surface area contributed by atoms with Crippen molar-refractivity contribution in [1.82, 2.24) is 4.90 Å². The molecule has 2 aromatic rings. The van der Waals surface area contributed by atoms with Crippen molar-refractivity contribution in [3.63, 3.8) is 0 Å². The highest BCUT2D eigenvalue weighted by molar-refractivity contribution is 8.18. The molecule has 1 aliphatic heterocycles. The summed E-state index contributed by atoms with van der Waals surface area (Å²) in [5, 5.41) is 10.3. The van der Waals surface area contributed by atoms with E-state index in [9.17, 15) is 19.7 Å². The number of carbonyl (C=O) groups is 2. The van der Waals surface area contributed by atoms with Crippen LogP contribution in [0.1, 0.15) is 11.1 Å². The molecular formula is C21H16N2O6S. The lowest BCUT2D eigenvalue weighted by molar-refractivity contribution is -0.384. The lowest BCUT2D eigenvalue weighted by Gasteiger charge is -2.11. The Hall–Kier alpha value is -3.77. The van der Waals surface area contributed by atoms with E-state index in [1.54, 1.807) is 36.4 Å². The van der Waals surface area contributed by atoms with Gasteiger partial charge in [0.2, 0.25) is 0 Å². The SMILES string of the molecule is C#CCN1C(=O)S/C(=C/c2ccc(OCc3ccc([N+](=O)[O-])cc3)c(OC)c2)C1=O. The topological polar surface area (TPSA) is 99.0 Å². The summed E-state index contributed by atoms with van der Waals surface area (Å²) in [6.07, 6.45) is 6.78. The first-order chi connectivity index (χ1) is 14.4. The molecule has 0 atom stereocenters. The first-order valence-electron chi connectivity index (χ1n) is 8.66. The average molecular weight is 424 g/mol. The number of amides is 2. The molecule has 1 aliphatic rings. The maximum Gasteiger partial charge on any atom is 0.294 e. The van der Waals surface area contributed by atoms with Gasteiger partial charge in [0.1, 0.15) is 6.61 Å². The lowest BCUT2D eigenvalue weighted by Crippen LogP contribution is -2.28. The number of imide groups is 1. The summed E-state index contributed by atoms with van der Waals surface area (Å²) in [6, 6.07) is 11.1. The zero-order chi connectivity index (χ0) is 21.7. The number of ether oxygens (including phenoxy) is 2. The smallest absolute Gasteiger partial charge is 0.294 e. The number of rotatable bonds is 7. The van der Waals surface area contributed by atoms with Crippen LogP contribution in [-0.4, -0.2) is 34.6 Å². The van der Waals surface area contributed by atoms with E-state index >= 15 is 0 Å². The van der Waals surface area contributed by atoms with Gasteiger partial charge < -0.3 is 9.47 Å².